The van der Waals surface area contributed by atoms with E-state index in [0.717, 1.165) is 122 Å². The first-order chi connectivity index (χ1) is 31.6. The summed E-state index contributed by atoms with van der Waals surface area (Å²) in [6.45, 7) is 7.20. The molecule has 0 aliphatic rings. The van der Waals surface area contributed by atoms with Gasteiger partial charge in [-0.3, -0.25) is 9.59 Å². The number of carbonyl (C=O) groups excluding carboxylic acids is 2. The van der Waals surface area contributed by atoms with Gasteiger partial charge in [-0.2, -0.15) is 0 Å². The molecule has 0 radical (unpaired) electrons. The van der Waals surface area contributed by atoms with Gasteiger partial charge in [0.05, 0.1) is 13.0 Å². The third-order valence-electron chi connectivity index (χ3n) is 9.28. The molecule has 0 aliphatic carbocycles. The highest BCUT2D eigenvalue weighted by atomic mass is 16.6. The van der Waals surface area contributed by atoms with Gasteiger partial charge in [0.15, 0.2) is 6.10 Å². The highest BCUT2D eigenvalue weighted by Crippen LogP contribution is 2.08. The lowest BCUT2D eigenvalue weighted by molar-refractivity contribution is -0.162. The number of unbranched alkanes of at least 4 members (excludes halogenated alkanes) is 4. The minimum absolute atomic E-state index is 0.0169. The smallest absolute Gasteiger partial charge is 0.310 e. The number of ether oxygens (including phenoxy) is 3. The molecule has 0 amide bonds. The second-order valence-electron chi connectivity index (χ2n) is 15.2. The van der Waals surface area contributed by atoms with Gasteiger partial charge in [-0.05, 0) is 116 Å². The predicted octanol–water partition coefficient (Wildman–Crippen LogP) is 16.9. The molecule has 5 heteroatoms. The average molecular weight is 877 g/mol. The Hall–Kier alpha value is -4.74. The summed E-state index contributed by atoms with van der Waals surface area (Å²) in [5.74, 6) is -0.673. The SMILES string of the molecule is CC/C=C\C/C=C\C/C=C\C/C=C\C/C=C\C/C=C\CCC(=O)OCC(COCCCCCC/C=C\C/C=C\C/C=C\CC)OC(=O)C/C=C\C/C=C\C/C=C\C/C=C\C/C=C\CC. The van der Waals surface area contributed by atoms with Crippen molar-refractivity contribution in [1.82, 2.24) is 0 Å². The third kappa shape index (κ3) is 49.9. The van der Waals surface area contributed by atoms with E-state index in [-0.39, 0.29) is 38.0 Å². The molecule has 0 saturated heterocycles. The second kappa shape index (κ2) is 52.6. The minimum atomic E-state index is -0.646. The molecule has 0 bridgehead atoms. The molecule has 0 aromatic heterocycles. The van der Waals surface area contributed by atoms with Crippen LogP contribution in [0.5, 0.6) is 0 Å². The van der Waals surface area contributed by atoms with Crippen LogP contribution in [-0.2, 0) is 23.8 Å². The van der Waals surface area contributed by atoms with Crippen molar-refractivity contribution in [3.8, 4) is 0 Å². The van der Waals surface area contributed by atoms with Crippen LogP contribution in [0.25, 0.3) is 0 Å². The molecule has 1 unspecified atom stereocenters. The van der Waals surface area contributed by atoms with Gasteiger partial charge < -0.3 is 14.2 Å². The van der Waals surface area contributed by atoms with Crippen molar-refractivity contribution in [3.63, 3.8) is 0 Å². The van der Waals surface area contributed by atoms with Crippen molar-refractivity contribution in [1.29, 1.82) is 0 Å². The maximum Gasteiger partial charge on any atom is 0.310 e. The number of carbonyl (C=O) groups is 2. The Labute approximate surface area is 392 Å². The molecule has 5 nitrogen and oxygen atoms in total. The van der Waals surface area contributed by atoms with Crippen LogP contribution >= 0.6 is 0 Å². The lowest BCUT2D eigenvalue weighted by atomic mass is 10.1. The van der Waals surface area contributed by atoms with Gasteiger partial charge in [0.2, 0.25) is 0 Å². The second-order valence-corrected chi connectivity index (χ2v) is 15.2. The van der Waals surface area contributed by atoms with E-state index in [2.05, 4.69) is 173 Å². The van der Waals surface area contributed by atoms with E-state index in [1.54, 1.807) is 0 Å². The standard InChI is InChI=1S/C59H88O5/c1-4-7-10-13-16-19-22-25-28-29-30-31-33-34-37-40-43-46-49-52-58(60)63-56-57(55-62-54-51-48-45-42-39-36-27-24-21-18-15-12-9-6-3)64-59(61)53-50-47-44-41-38-35-32-26-23-20-17-14-11-8-5-2/h7-12,16-21,25-28,30-32,34,36-38,41,43,46-47,50,57H,4-6,13-15,22-24,29,33,35,39-40,42,44-45,48-49,51-56H2,1-3H3/b10-7-,11-8-,12-9-,19-16-,20-17-,21-18-,28-25-,31-30-,32-26-,36-27-,37-34-,41-38-,46-43-,50-47-. The Morgan fingerprint density at radius 2 is 0.703 bits per heavy atom. The van der Waals surface area contributed by atoms with E-state index in [0.29, 0.717) is 13.0 Å². The Morgan fingerprint density at radius 3 is 1.11 bits per heavy atom. The fourth-order valence-corrected chi connectivity index (χ4v) is 5.74. The van der Waals surface area contributed by atoms with Crippen LogP contribution in [0.2, 0.25) is 0 Å². The van der Waals surface area contributed by atoms with Crippen molar-refractivity contribution >= 4 is 11.9 Å². The largest absolute Gasteiger partial charge is 0.462 e. The Morgan fingerprint density at radius 1 is 0.359 bits per heavy atom. The van der Waals surface area contributed by atoms with Crippen molar-refractivity contribution in [3.05, 3.63) is 170 Å². The van der Waals surface area contributed by atoms with Gasteiger partial charge >= 0.3 is 11.9 Å². The van der Waals surface area contributed by atoms with Crippen molar-refractivity contribution < 1.29 is 23.8 Å². The van der Waals surface area contributed by atoms with E-state index in [1.807, 2.05) is 18.2 Å². The van der Waals surface area contributed by atoms with E-state index >= 15 is 0 Å². The number of rotatable bonds is 42. The molecule has 64 heavy (non-hydrogen) atoms. The van der Waals surface area contributed by atoms with Crippen molar-refractivity contribution in [2.24, 2.45) is 0 Å². The molecule has 0 aromatic carbocycles. The molecule has 0 saturated carbocycles. The van der Waals surface area contributed by atoms with Crippen LogP contribution in [0.3, 0.4) is 0 Å². The molecule has 0 heterocycles. The molecule has 0 rings (SSSR count). The quantitative estimate of drug-likeness (QED) is 0.0347. The number of allylic oxidation sites excluding steroid dienone is 27. The summed E-state index contributed by atoms with van der Waals surface area (Å²) < 4.78 is 17.2. The Balaban J connectivity index is 4.59. The zero-order chi connectivity index (χ0) is 46.3. The third-order valence-corrected chi connectivity index (χ3v) is 9.28. The zero-order valence-electron chi connectivity index (χ0n) is 40.5. The molecule has 0 aromatic rings. The summed E-state index contributed by atoms with van der Waals surface area (Å²) in [7, 11) is 0. The molecular formula is C59H88O5. The highest BCUT2D eigenvalue weighted by Gasteiger charge is 2.17. The zero-order valence-corrected chi connectivity index (χ0v) is 40.5. The molecule has 0 spiro atoms. The summed E-state index contributed by atoms with van der Waals surface area (Å²) in [4.78, 5) is 25.3. The van der Waals surface area contributed by atoms with Crippen LogP contribution in [0, 0.1) is 0 Å². The lowest BCUT2D eigenvalue weighted by Gasteiger charge is -2.18. The maximum atomic E-state index is 12.7. The van der Waals surface area contributed by atoms with Crippen LogP contribution in [0.15, 0.2) is 170 Å². The summed E-state index contributed by atoms with van der Waals surface area (Å²) in [6.07, 6.45) is 79.7. The van der Waals surface area contributed by atoms with Crippen LogP contribution < -0.4 is 0 Å². The highest BCUT2D eigenvalue weighted by molar-refractivity contribution is 5.71. The fraction of sp³-hybridized carbons (Fsp3) is 0.492. The topological polar surface area (TPSA) is 61.8 Å². The van der Waals surface area contributed by atoms with Gasteiger partial charge in [-0.15, -0.1) is 0 Å². The van der Waals surface area contributed by atoms with Crippen molar-refractivity contribution in [2.75, 3.05) is 19.8 Å². The number of esters is 2. The number of hydrogen-bond donors (Lipinski definition) is 0. The molecule has 0 N–H and O–H groups in total. The maximum absolute atomic E-state index is 12.7. The van der Waals surface area contributed by atoms with Gasteiger partial charge in [0, 0.05) is 13.0 Å². The monoisotopic (exact) mass is 877 g/mol. The van der Waals surface area contributed by atoms with Gasteiger partial charge in [-0.1, -0.05) is 204 Å². The fourth-order valence-electron chi connectivity index (χ4n) is 5.74. The Kier molecular flexibility index (Phi) is 48.7. The van der Waals surface area contributed by atoms with Crippen molar-refractivity contribution in [2.45, 2.75) is 168 Å². The predicted molar refractivity (Wildman–Crippen MR) is 278 cm³/mol. The van der Waals surface area contributed by atoms with Gasteiger partial charge in [0.1, 0.15) is 6.61 Å². The normalized spacial score (nSPS) is 13.7. The first-order valence-electron chi connectivity index (χ1n) is 24.7. The summed E-state index contributed by atoms with van der Waals surface area (Å²) in [6, 6.07) is 0. The Bertz CT molecular complexity index is 1500. The summed E-state index contributed by atoms with van der Waals surface area (Å²) in [5.41, 5.74) is 0. The lowest BCUT2D eigenvalue weighted by Crippen LogP contribution is -2.29. The molecule has 0 fully saturated rings. The first kappa shape index (κ1) is 59.3. The van der Waals surface area contributed by atoms with Crippen LogP contribution in [-0.4, -0.2) is 37.9 Å². The summed E-state index contributed by atoms with van der Waals surface area (Å²) in [5, 5.41) is 0. The summed E-state index contributed by atoms with van der Waals surface area (Å²) >= 11 is 0. The van der Waals surface area contributed by atoms with Crippen LogP contribution in [0.4, 0.5) is 0 Å². The van der Waals surface area contributed by atoms with E-state index in [1.165, 1.54) is 0 Å². The molecular weight excluding hydrogens is 789 g/mol. The number of hydrogen-bond acceptors (Lipinski definition) is 5. The molecule has 0 aliphatic heterocycles. The van der Waals surface area contributed by atoms with E-state index < -0.39 is 6.10 Å². The van der Waals surface area contributed by atoms with Gasteiger partial charge in [-0.25, -0.2) is 0 Å². The molecule has 354 valence electrons. The van der Waals surface area contributed by atoms with E-state index in [9.17, 15) is 9.59 Å². The van der Waals surface area contributed by atoms with Gasteiger partial charge in [0.25, 0.3) is 0 Å². The van der Waals surface area contributed by atoms with E-state index in [4.69, 9.17) is 14.2 Å². The minimum Gasteiger partial charge on any atom is -0.462 e. The average Bonchev–Trinajstić information content (AvgIpc) is 3.30. The van der Waals surface area contributed by atoms with Crippen LogP contribution in [0.1, 0.15) is 162 Å². The molecule has 1 atom stereocenters. The first-order valence-corrected chi connectivity index (χ1v) is 24.7.